The molecule has 0 aliphatic rings. The van der Waals surface area contributed by atoms with E-state index in [1.807, 2.05) is 72.8 Å². The third-order valence-corrected chi connectivity index (χ3v) is 3.42. The molecule has 0 N–H and O–H groups in total. The normalized spacial score (nSPS) is 10.2. The van der Waals surface area contributed by atoms with Crippen LogP contribution in [0.15, 0.2) is 79.0 Å². The van der Waals surface area contributed by atoms with Gasteiger partial charge in [-0.05, 0) is 30.3 Å². The van der Waals surface area contributed by atoms with Gasteiger partial charge in [-0.25, -0.2) is 0 Å². The van der Waals surface area contributed by atoms with Gasteiger partial charge in [0.1, 0.15) is 0 Å². The van der Waals surface area contributed by atoms with E-state index in [1.165, 1.54) is 0 Å². The standard InChI is InChI=1S/C19H16N2O/c1-15(22)21(16-9-3-2-4-10-16)19-13-6-5-11-17(19)18-12-7-8-14-20-18/h2-14H,1H3. The van der Waals surface area contributed by atoms with Gasteiger partial charge in [0.15, 0.2) is 0 Å². The van der Waals surface area contributed by atoms with Crippen LogP contribution in [-0.4, -0.2) is 10.9 Å². The lowest BCUT2D eigenvalue weighted by Crippen LogP contribution is -2.23. The fourth-order valence-electron chi connectivity index (χ4n) is 2.47. The Morgan fingerprint density at radius 2 is 1.55 bits per heavy atom. The van der Waals surface area contributed by atoms with Gasteiger partial charge >= 0.3 is 0 Å². The number of carbonyl (C=O) groups excluding carboxylic acids is 1. The number of carbonyl (C=O) groups is 1. The van der Waals surface area contributed by atoms with E-state index in [4.69, 9.17) is 0 Å². The minimum Gasteiger partial charge on any atom is -0.281 e. The van der Waals surface area contributed by atoms with Crippen molar-refractivity contribution in [3.05, 3.63) is 79.0 Å². The van der Waals surface area contributed by atoms with Crippen molar-refractivity contribution in [3.63, 3.8) is 0 Å². The maximum Gasteiger partial charge on any atom is 0.228 e. The van der Waals surface area contributed by atoms with Gasteiger partial charge in [0.25, 0.3) is 0 Å². The Labute approximate surface area is 129 Å². The average Bonchev–Trinajstić information content (AvgIpc) is 2.57. The highest BCUT2D eigenvalue weighted by Crippen LogP contribution is 2.34. The Hall–Kier alpha value is -2.94. The number of amides is 1. The molecule has 0 radical (unpaired) electrons. The largest absolute Gasteiger partial charge is 0.281 e. The topological polar surface area (TPSA) is 33.2 Å². The van der Waals surface area contributed by atoms with Crippen LogP contribution < -0.4 is 4.90 Å². The van der Waals surface area contributed by atoms with Gasteiger partial charge in [0.05, 0.1) is 11.4 Å². The average molecular weight is 288 g/mol. The van der Waals surface area contributed by atoms with E-state index in [0.29, 0.717) is 0 Å². The molecule has 0 atom stereocenters. The lowest BCUT2D eigenvalue weighted by molar-refractivity contribution is -0.115. The van der Waals surface area contributed by atoms with Crippen molar-refractivity contribution in [1.29, 1.82) is 0 Å². The number of para-hydroxylation sites is 2. The summed E-state index contributed by atoms with van der Waals surface area (Å²) in [5, 5.41) is 0. The molecule has 0 aliphatic carbocycles. The molecule has 0 saturated carbocycles. The predicted octanol–water partition coefficient (Wildman–Crippen LogP) is 4.43. The fraction of sp³-hybridized carbons (Fsp3) is 0.0526. The number of nitrogens with zero attached hydrogens (tertiary/aromatic N) is 2. The molecular weight excluding hydrogens is 272 g/mol. The molecular formula is C19H16N2O. The lowest BCUT2D eigenvalue weighted by atomic mass is 10.1. The van der Waals surface area contributed by atoms with Crippen LogP contribution >= 0.6 is 0 Å². The Kier molecular flexibility index (Phi) is 3.97. The first-order valence-electron chi connectivity index (χ1n) is 7.13. The Balaban J connectivity index is 2.16. The molecule has 1 aromatic heterocycles. The zero-order chi connectivity index (χ0) is 15.4. The van der Waals surface area contributed by atoms with Crippen molar-refractivity contribution in [3.8, 4) is 11.3 Å². The zero-order valence-electron chi connectivity index (χ0n) is 12.3. The third-order valence-electron chi connectivity index (χ3n) is 3.42. The molecule has 3 heteroatoms. The minimum absolute atomic E-state index is 0.0328. The lowest BCUT2D eigenvalue weighted by Gasteiger charge is -2.24. The van der Waals surface area contributed by atoms with Crippen LogP contribution in [0.2, 0.25) is 0 Å². The number of hydrogen-bond donors (Lipinski definition) is 0. The second-order valence-electron chi connectivity index (χ2n) is 4.92. The van der Waals surface area contributed by atoms with E-state index in [2.05, 4.69) is 4.98 Å². The van der Waals surface area contributed by atoms with Crippen LogP contribution in [0, 0.1) is 0 Å². The van der Waals surface area contributed by atoms with Crippen molar-refractivity contribution in [1.82, 2.24) is 4.98 Å². The van der Waals surface area contributed by atoms with Crippen molar-refractivity contribution >= 4 is 17.3 Å². The highest BCUT2D eigenvalue weighted by Gasteiger charge is 2.18. The van der Waals surface area contributed by atoms with E-state index in [9.17, 15) is 4.79 Å². The Bertz CT molecular complexity index is 770. The smallest absolute Gasteiger partial charge is 0.228 e. The Morgan fingerprint density at radius 3 is 2.23 bits per heavy atom. The number of pyridine rings is 1. The van der Waals surface area contributed by atoms with Gasteiger partial charge in [0, 0.05) is 24.4 Å². The highest BCUT2D eigenvalue weighted by molar-refractivity contribution is 6.02. The van der Waals surface area contributed by atoms with E-state index in [1.54, 1.807) is 18.0 Å². The molecule has 108 valence electrons. The summed E-state index contributed by atoms with van der Waals surface area (Å²) in [5.41, 5.74) is 3.46. The SMILES string of the molecule is CC(=O)N(c1ccccc1)c1ccccc1-c1ccccn1. The summed E-state index contributed by atoms with van der Waals surface area (Å²) in [6, 6.07) is 23.2. The van der Waals surface area contributed by atoms with Crippen molar-refractivity contribution in [2.45, 2.75) is 6.92 Å². The molecule has 3 nitrogen and oxygen atoms in total. The molecule has 3 rings (SSSR count). The second kappa shape index (κ2) is 6.22. The summed E-state index contributed by atoms with van der Waals surface area (Å²) < 4.78 is 0. The first kappa shape index (κ1) is 14.0. The maximum atomic E-state index is 12.2. The summed E-state index contributed by atoms with van der Waals surface area (Å²) >= 11 is 0. The summed E-state index contributed by atoms with van der Waals surface area (Å²) in [5.74, 6) is -0.0328. The van der Waals surface area contributed by atoms with Crippen LogP contribution in [0.1, 0.15) is 6.92 Å². The van der Waals surface area contributed by atoms with Crippen LogP contribution in [0.25, 0.3) is 11.3 Å². The number of aromatic nitrogens is 1. The third kappa shape index (κ3) is 2.74. The molecule has 0 aliphatic heterocycles. The number of rotatable bonds is 3. The van der Waals surface area contributed by atoms with Crippen LogP contribution in [0.4, 0.5) is 11.4 Å². The van der Waals surface area contributed by atoms with Gasteiger partial charge in [-0.3, -0.25) is 14.7 Å². The first-order chi connectivity index (χ1) is 10.8. The number of benzene rings is 2. The summed E-state index contributed by atoms with van der Waals surface area (Å²) in [7, 11) is 0. The number of anilines is 2. The fourth-order valence-corrected chi connectivity index (χ4v) is 2.47. The van der Waals surface area contributed by atoms with Gasteiger partial charge in [-0.1, -0.05) is 42.5 Å². The maximum absolute atomic E-state index is 12.2. The second-order valence-corrected chi connectivity index (χ2v) is 4.92. The van der Waals surface area contributed by atoms with Crippen LogP contribution in [0.5, 0.6) is 0 Å². The quantitative estimate of drug-likeness (QED) is 0.714. The first-order valence-corrected chi connectivity index (χ1v) is 7.13. The van der Waals surface area contributed by atoms with Crippen molar-refractivity contribution in [2.75, 3.05) is 4.90 Å². The van der Waals surface area contributed by atoms with Gasteiger partial charge in [-0.2, -0.15) is 0 Å². The molecule has 22 heavy (non-hydrogen) atoms. The molecule has 0 spiro atoms. The van der Waals surface area contributed by atoms with E-state index >= 15 is 0 Å². The molecule has 3 aromatic rings. The van der Waals surface area contributed by atoms with Gasteiger partial charge < -0.3 is 0 Å². The Morgan fingerprint density at radius 1 is 0.864 bits per heavy atom. The van der Waals surface area contributed by atoms with Gasteiger partial charge in [-0.15, -0.1) is 0 Å². The van der Waals surface area contributed by atoms with Crippen LogP contribution in [0.3, 0.4) is 0 Å². The number of hydrogen-bond acceptors (Lipinski definition) is 2. The van der Waals surface area contributed by atoms with E-state index in [-0.39, 0.29) is 5.91 Å². The predicted molar refractivity (Wildman–Crippen MR) is 88.9 cm³/mol. The molecule has 0 bridgehead atoms. The molecule has 2 aromatic carbocycles. The zero-order valence-corrected chi connectivity index (χ0v) is 12.3. The van der Waals surface area contributed by atoms with Crippen molar-refractivity contribution < 1.29 is 4.79 Å². The highest BCUT2D eigenvalue weighted by atomic mass is 16.2. The minimum atomic E-state index is -0.0328. The van der Waals surface area contributed by atoms with E-state index in [0.717, 1.165) is 22.6 Å². The summed E-state index contributed by atoms with van der Waals surface area (Å²) in [4.78, 5) is 18.4. The molecule has 0 saturated heterocycles. The molecule has 0 unspecified atom stereocenters. The monoisotopic (exact) mass is 288 g/mol. The van der Waals surface area contributed by atoms with E-state index < -0.39 is 0 Å². The summed E-state index contributed by atoms with van der Waals surface area (Å²) in [6.07, 6.45) is 1.76. The molecule has 0 fully saturated rings. The van der Waals surface area contributed by atoms with Crippen molar-refractivity contribution in [2.24, 2.45) is 0 Å². The molecule has 1 heterocycles. The summed E-state index contributed by atoms with van der Waals surface area (Å²) in [6.45, 7) is 1.57. The van der Waals surface area contributed by atoms with Crippen LogP contribution in [-0.2, 0) is 4.79 Å². The molecule has 1 amide bonds. The van der Waals surface area contributed by atoms with Gasteiger partial charge in [0.2, 0.25) is 5.91 Å².